The lowest BCUT2D eigenvalue weighted by Crippen LogP contribution is -2.00. The Labute approximate surface area is 119 Å². The summed E-state index contributed by atoms with van der Waals surface area (Å²) in [5, 5.41) is 3.38. The van der Waals surface area contributed by atoms with Crippen molar-refractivity contribution in [2.24, 2.45) is 0 Å². The molecule has 2 heteroatoms. The molecular weight excluding hydrogens is 244 g/mol. The summed E-state index contributed by atoms with van der Waals surface area (Å²) in [5.74, 6) is 0. The molecule has 0 spiro atoms. The molecule has 20 heavy (non-hydrogen) atoms. The third-order valence-corrected chi connectivity index (χ3v) is 3.19. The third-order valence-electron chi connectivity index (χ3n) is 3.19. The van der Waals surface area contributed by atoms with Gasteiger partial charge in [-0.05, 0) is 35.4 Å². The molecule has 3 rings (SSSR count). The molecule has 0 saturated carbocycles. The standard InChI is InChI=1S/C18H16N2/c1-2-6-15(7-3-1)16-9-11-17(12-10-16)20-14-18-8-4-5-13-19-18/h1-13,20H,14H2. The van der Waals surface area contributed by atoms with Crippen LogP contribution < -0.4 is 5.32 Å². The van der Waals surface area contributed by atoms with Gasteiger partial charge in [0, 0.05) is 11.9 Å². The van der Waals surface area contributed by atoms with Gasteiger partial charge >= 0.3 is 0 Å². The molecule has 1 aromatic heterocycles. The molecule has 0 aliphatic carbocycles. The fraction of sp³-hybridized carbons (Fsp3) is 0.0556. The number of benzene rings is 2. The van der Waals surface area contributed by atoms with Crippen LogP contribution >= 0.6 is 0 Å². The highest BCUT2D eigenvalue weighted by Gasteiger charge is 1.98. The van der Waals surface area contributed by atoms with E-state index in [2.05, 4.69) is 58.8 Å². The number of nitrogens with one attached hydrogen (secondary N) is 1. The van der Waals surface area contributed by atoms with E-state index in [-0.39, 0.29) is 0 Å². The van der Waals surface area contributed by atoms with Crippen molar-refractivity contribution in [1.29, 1.82) is 0 Å². The molecule has 0 unspecified atom stereocenters. The number of aromatic nitrogens is 1. The molecule has 0 radical (unpaired) electrons. The highest BCUT2D eigenvalue weighted by atomic mass is 14.9. The summed E-state index contributed by atoms with van der Waals surface area (Å²) in [6, 6.07) is 24.8. The second kappa shape index (κ2) is 6.02. The first-order valence-corrected chi connectivity index (χ1v) is 6.71. The molecule has 0 saturated heterocycles. The van der Waals surface area contributed by atoms with Gasteiger partial charge in [0.2, 0.25) is 0 Å². The van der Waals surface area contributed by atoms with Crippen molar-refractivity contribution in [2.75, 3.05) is 5.32 Å². The van der Waals surface area contributed by atoms with Crippen LogP contribution in [0.2, 0.25) is 0 Å². The van der Waals surface area contributed by atoms with E-state index in [1.54, 1.807) is 0 Å². The fourth-order valence-electron chi connectivity index (χ4n) is 2.11. The first-order chi connectivity index (χ1) is 9.92. The van der Waals surface area contributed by atoms with Crippen molar-refractivity contribution in [2.45, 2.75) is 6.54 Å². The summed E-state index contributed by atoms with van der Waals surface area (Å²) in [7, 11) is 0. The van der Waals surface area contributed by atoms with Gasteiger partial charge in [-0.1, -0.05) is 48.5 Å². The number of nitrogens with zero attached hydrogens (tertiary/aromatic N) is 1. The van der Waals surface area contributed by atoms with Gasteiger partial charge in [0.05, 0.1) is 12.2 Å². The first kappa shape index (κ1) is 12.4. The summed E-state index contributed by atoms with van der Waals surface area (Å²) in [5.41, 5.74) is 4.62. The zero-order valence-electron chi connectivity index (χ0n) is 11.2. The van der Waals surface area contributed by atoms with Gasteiger partial charge in [-0.3, -0.25) is 4.98 Å². The molecule has 0 amide bonds. The van der Waals surface area contributed by atoms with Gasteiger partial charge in [-0.15, -0.1) is 0 Å². The van der Waals surface area contributed by atoms with E-state index < -0.39 is 0 Å². The summed E-state index contributed by atoms with van der Waals surface area (Å²) in [6.07, 6.45) is 1.81. The van der Waals surface area contributed by atoms with Crippen molar-refractivity contribution in [3.05, 3.63) is 84.7 Å². The normalized spacial score (nSPS) is 10.2. The van der Waals surface area contributed by atoms with E-state index in [1.165, 1.54) is 11.1 Å². The quantitative estimate of drug-likeness (QED) is 0.754. The SMILES string of the molecule is c1ccc(-c2ccc(NCc3ccccn3)cc2)cc1. The lowest BCUT2D eigenvalue weighted by molar-refractivity contribution is 1.05. The minimum absolute atomic E-state index is 0.742. The molecule has 0 bridgehead atoms. The van der Waals surface area contributed by atoms with Gasteiger partial charge in [-0.2, -0.15) is 0 Å². The van der Waals surface area contributed by atoms with Gasteiger partial charge in [0.25, 0.3) is 0 Å². The van der Waals surface area contributed by atoms with Crippen LogP contribution in [0.1, 0.15) is 5.69 Å². The van der Waals surface area contributed by atoms with E-state index in [9.17, 15) is 0 Å². The molecule has 1 N–H and O–H groups in total. The zero-order chi connectivity index (χ0) is 13.6. The molecule has 3 aromatic rings. The molecule has 0 fully saturated rings. The Morgan fingerprint density at radius 2 is 1.40 bits per heavy atom. The van der Waals surface area contributed by atoms with Crippen LogP contribution in [0.3, 0.4) is 0 Å². The van der Waals surface area contributed by atoms with Crippen LogP contribution in [0.25, 0.3) is 11.1 Å². The van der Waals surface area contributed by atoms with E-state index in [1.807, 2.05) is 30.5 Å². The number of hydrogen-bond donors (Lipinski definition) is 1. The van der Waals surface area contributed by atoms with Crippen molar-refractivity contribution in [3.8, 4) is 11.1 Å². The lowest BCUT2D eigenvalue weighted by atomic mass is 10.1. The monoisotopic (exact) mass is 260 g/mol. The number of pyridine rings is 1. The van der Waals surface area contributed by atoms with Crippen molar-refractivity contribution < 1.29 is 0 Å². The maximum Gasteiger partial charge on any atom is 0.0594 e. The van der Waals surface area contributed by atoms with E-state index >= 15 is 0 Å². The van der Waals surface area contributed by atoms with E-state index in [0.717, 1.165) is 17.9 Å². The maximum absolute atomic E-state index is 4.30. The van der Waals surface area contributed by atoms with Crippen molar-refractivity contribution in [1.82, 2.24) is 4.98 Å². The largest absolute Gasteiger partial charge is 0.379 e. The topological polar surface area (TPSA) is 24.9 Å². The lowest BCUT2D eigenvalue weighted by Gasteiger charge is -2.07. The molecule has 1 heterocycles. The molecule has 98 valence electrons. The van der Waals surface area contributed by atoms with Crippen LogP contribution in [0.15, 0.2) is 79.0 Å². The van der Waals surface area contributed by atoms with Crippen molar-refractivity contribution >= 4 is 5.69 Å². The Balaban J connectivity index is 1.68. The van der Waals surface area contributed by atoms with E-state index in [4.69, 9.17) is 0 Å². The van der Waals surface area contributed by atoms with Crippen LogP contribution in [0, 0.1) is 0 Å². The Morgan fingerprint density at radius 3 is 2.10 bits per heavy atom. The summed E-state index contributed by atoms with van der Waals surface area (Å²) in [6.45, 7) is 0.742. The van der Waals surface area contributed by atoms with Crippen molar-refractivity contribution in [3.63, 3.8) is 0 Å². The average Bonchev–Trinajstić information content (AvgIpc) is 2.55. The zero-order valence-corrected chi connectivity index (χ0v) is 11.2. The van der Waals surface area contributed by atoms with Gasteiger partial charge in [0.1, 0.15) is 0 Å². The summed E-state index contributed by atoms with van der Waals surface area (Å²) < 4.78 is 0. The Bertz CT molecular complexity index is 646. The Morgan fingerprint density at radius 1 is 0.700 bits per heavy atom. The minimum atomic E-state index is 0.742. The molecule has 0 aliphatic rings. The number of hydrogen-bond acceptors (Lipinski definition) is 2. The number of anilines is 1. The summed E-state index contributed by atoms with van der Waals surface area (Å²) >= 11 is 0. The van der Waals surface area contributed by atoms with Crippen LogP contribution in [-0.2, 0) is 6.54 Å². The predicted molar refractivity (Wildman–Crippen MR) is 83.4 cm³/mol. The van der Waals surface area contributed by atoms with E-state index in [0.29, 0.717) is 0 Å². The highest BCUT2D eigenvalue weighted by molar-refractivity contribution is 5.65. The van der Waals surface area contributed by atoms with Crippen LogP contribution in [0.5, 0.6) is 0 Å². The third kappa shape index (κ3) is 3.04. The summed E-state index contributed by atoms with van der Waals surface area (Å²) in [4.78, 5) is 4.30. The van der Waals surface area contributed by atoms with Crippen LogP contribution in [-0.4, -0.2) is 4.98 Å². The fourth-order valence-corrected chi connectivity index (χ4v) is 2.11. The van der Waals surface area contributed by atoms with Gasteiger partial charge in [-0.25, -0.2) is 0 Å². The Hall–Kier alpha value is -2.61. The maximum atomic E-state index is 4.30. The number of rotatable bonds is 4. The molecule has 0 atom stereocenters. The molecule has 0 aliphatic heterocycles. The average molecular weight is 260 g/mol. The molecule has 2 nitrogen and oxygen atoms in total. The second-order valence-electron chi connectivity index (χ2n) is 4.62. The van der Waals surface area contributed by atoms with Gasteiger partial charge < -0.3 is 5.32 Å². The Kier molecular flexibility index (Phi) is 3.74. The van der Waals surface area contributed by atoms with Gasteiger partial charge in [0.15, 0.2) is 0 Å². The van der Waals surface area contributed by atoms with Crippen LogP contribution in [0.4, 0.5) is 5.69 Å². The highest BCUT2D eigenvalue weighted by Crippen LogP contribution is 2.21. The second-order valence-corrected chi connectivity index (χ2v) is 4.62. The minimum Gasteiger partial charge on any atom is -0.379 e. The molecular formula is C18H16N2. The molecule has 2 aromatic carbocycles. The predicted octanol–water partition coefficient (Wildman–Crippen LogP) is 4.36. The smallest absolute Gasteiger partial charge is 0.0594 e. The first-order valence-electron chi connectivity index (χ1n) is 6.71.